The summed E-state index contributed by atoms with van der Waals surface area (Å²) >= 11 is 1.55. The van der Waals surface area contributed by atoms with Crippen LogP contribution in [0.4, 0.5) is 5.69 Å². The third-order valence-electron chi connectivity index (χ3n) is 6.84. The molecule has 8 nitrogen and oxygen atoms in total. The van der Waals surface area contributed by atoms with Gasteiger partial charge in [0.1, 0.15) is 5.82 Å². The minimum atomic E-state index is 0. The van der Waals surface area contributed by atoms with E-state index < -0.39 is 0 Å². The molecular weight excluding hydrogens is 508 g/mol. The highest BCUT2D eigenvalue weighted by molar-refractivity contribution is 7.12. The maximum Gasteiger partial charge on any atom is 0.193 e. The number of hydrogen-bond donors (Lipinski definition) is 1. The number of allylic oxidation sites excluding steroid dienone is 2. The fraction of sp³-hybridized carbons (Fsp3) is 0.370. The van der Waals surface area contributed by atoms with Crippen LogP contribution in [0.1, 0.15) is 25.2 Å². The van der Waals surface area contributed by atoms with Gasteiger partial charge in [-0.05, 0) is 39.1 Å². The zero-order valence-electron chi connectivity index (χ0n) is 21.5. The molecule has 0 amide bonds. The fourth-order valence-electron chi connectivity index (χ4n) is 4.81. The smallest absolute Gasteiger partial charge is 0.193 e. The summed E-state index contributed by atoms with van der Waals surface area (Å²) in [5, 5.41) is 6.82. The van der Waals surface area contributed by atoms with E-state index >= 15 is 0 Å². The van der Waals surface area contributed by atoms with E-state index in [1.165, 1.54) is 5.57 Å². The Hall–Kier alpha value is -2.98. The van der Waals surface area contributed by atoms with Crippen molar-refractivity contribution in [3.05, 3.63) is 81.6 Å². The molecule has 196 valence electrons. The first-order valence-corrected chi connectivity index (χ1v) is 13.0. The number of benzene rings is 1. The number of anilines is 1. The highest BCUT2D eigenvalue weighted by atomic mass is 35.5. The highest BCUT2D eigenvalue weighted by Gasteiger charge is 2.32. The molecule has 0 saturated carbocycles. The molecule has 0 bridgehead atoms. The number of thiazole rings is 1. The molecule has 1 aliphatic heterocycles. The van der Waals surface area contributed by atoms with Crippen molar-refractivity contribution in [1.82, 2.24) is 24.4 Å². The normalized spacial score (nSPS) is 17.2. The standard InChI is InChI=1S/C27H32N6O2S.ClH/c1-18(2)7-10-31-11-8-29-25(31)13-19-15-33(27-30-9-12-36-27)23-14-20(5-6-21(23)26(19)34)32-16-22(28-3)24(17-32)35-4;/h5-9,11-12,14-15,22,24,28H,10,13,16-17H2,1-4H3;1H/t22-,24-;/m0./s1. The van der Waals surface area contributed by atoms with Crippen LogP contribution in [-0.4, -0.2) is 58.5 Å². The number of pyridine rings is 1. The molecule has 37 heavy (non-hydrogen) atoms. The largest absolute Gasteiger partial charge is 0.378 e. The van der Waals surface area contributed by atoms with Gasteiger partial charge >= 0.3 is 0 Å². The van der Waals surface area contributed by atoms with Crippen molar-refractivity contribution in [2.75, 3.05) is 32.1 Å². The molecule has 0 radical (unpaired) electrons. The summed E-state index contributed by atoms with van der Waals surface area (Å²) in [7, 11) is 3.72. The van der Waals surface area contributed by atoms with Crippen molar-refractivity contribution in [1.29, 1.82) is 0 Å². The number of fused-ring (bicyclic) bond motifs is 1. The second-order valence-electron chi connectivity index (χ2n) is 9.40. The molecule has 2 atom stereocenters. The molecule has 1 aliphatic rings. The Labute approximate surface area is 227 Å². The molecule has 1 aromatic carbocycles. The van der Waals surface area contributed by atoms with Crippen LogP contribution in [0.25, 0.3) is 16.0 Å². The second kappa shape index (κ2) is 11.6. The van der Waals surface area contributed by atoms with Crippen molar-refractivity contribution in [2.24, 2.45) is 0 Å². The van der Waals surface area contributed by atoms with E-state index in [4.69, 9.17) is 4.74 Å². The van der Waals surface area contributed by atoms with Crippen molar-refractivity contribution in [3.63, 3.8) is 0 Å². The predicted octanol–water partition coefficient (Wildman–Crippen LogP) is 4.05. The minimum Gasteiger partial charge on any atom is -0.378 e. The van der Waals surface area contributed by atoms with Gasteiger partial charge in [-0.2, -0.15) is 0 Å². The number of nitrogens with zero attached hydrogens (tertiary/aromatic N) is 5. The molecule has 0 spiro atoms. The number of aromatic nitrogens is 4. The van der Waals surface area contributed by atoms with Crippen LogP contribution in [0, 0.1) is 0 Å². The van der Waals surface area contributed by atoms with Crippen molar-refractivity contribution >= 4 is 40.3 Å². The molecule has 4 heterocycles. The number of imidazole rings is 1. The molecule has 1 saturated heterocycles. The van der Waals surface area contributed by atoms with E-state index in [0.29, 0.717) is 17.4 Å². The average Bonchev–Trinajstić information content (AvgIpc) is 3.65. The van der Waals surface area contributed by atoms with Gasteiger partial charge in [-0.1, -0.05) is 11.6 Å². The fourth-order valence-corrected chi connectivity index (χ4v) is 5.44. The molecule has 3 aromatic heterocycles. The summed E-state index contributed by atoms with van der Waals surface area (Å²) in [4.78, 5) is 25.1. The van der Waals surface area contributed by atoms with Gasteiger partial charge in [-0.3, -0.25) is 9.36 Å². The zero-order chi connectivity index (χ0) is 25.2. The first-order chi connectivity index (χ1) is 17.5. The average molecular weight is 541 g/mol. The minimum absolute atomic E-state index is 0. The Balaban J connectivity index is 0.00000320. The van der Waals surface area contributed by atoms with E-state index in [1.807, 2.05) is 41.5 Å². The Morgan fingerprint density at radius 2 is 2.08 bits per heavy atom. The van der Waals surface area contributed by atoms with Crippen LogP contribution < -0.4 is 15.6 Å². The van der Waals surface area contributed by atoms with E-state index in [1.54, 1.807) is 30.8 Å². The third-order valence-corrected chi connectivity index (χ3v) is 7.61. The molecule has 5 rings (SSSR count). The van der Waals surface area contributed by atoms with E-state index in [2.05, 4.69) is 50.7 Å². The number of hydrogen-bond acceptors (Lipinski definition) is 7. The highest BCUT2D eigenvalue weighted by Crippen LogP contribution is 2.28. The summed E-state index contributed by atoms with van der Waals surface area (Å²) in [5.74, 6) is 0.868. The van der Waals surface area contributed by atoms with Gasteiger partial charge in [0.15, 0.2) is 10.6 Å². The summed E-state index contributed by atoms with van der Waals surface area (Å²) in [6, 6.07) is 6.34. The van der Waals surface area contributed by atoms with E-state index in [-0.39, 0.29) is 30.0 Å². The van der Waals surface area contributed by atoms with Gasteiger partial charge in [0.2, 0.25) is 0 Å². The quantitative estimate of drug-likeness (QED) is 0.340. The molecule has 0 unspecified atom stereocenters. The van der Waals surface area contributed by atoms with Gasteiger partial charge in [0.05, 0.1) is 17.7 Å². The second-order valence-corrected chi connectivity index (χ2v) is 10.3. The molecule has 1 fully saturated rings. The summed E-state index contributed by atoms with van der Waals surface area (Å²) in [6.07, 6.45) is 10.2. The predicted molar refractivity (Wildman–Crippen MR) is 153 cm³/mol. The number of nitrogens with one attached hydrogen (secondary N) is 1. The first kappa shape index (κ1) is 27.1. The van der Waals surface area contributed by atoms with Crippen molar-refractivity contribution < 1.29 is 4.74 Å². The molecule has 4 aromatic rings. The molecular formula is C27H33ClN6O2S. The summed E-state index contributed by atoms with van der Waals surface area (Å²) < 4.78 is 9.82. The molecule has 0 aliphatic carbocycles. The first-order valence-electron chi connectivity index (χ1n) is 12.1. The molecule has 10 heteroatoms. The van der Waals surface area contributed by atoms with Gasteiger partial charge in [0, 0.05) is 80.0 Å². The Bertz CT molecular complexity index is 1430. The maximum absolute atomic E-state index is 13.7. The van der Waals surface area contributed by atoms with Crippen LogP contribution in [-0.2, 0) is 17.7 Å². The lowest BCUT2D eigenvalue weighted by molar-refractivity contribution is 0.0996. The van der Waals surface area contributed by atoms with Crippen LogP contribution in [0.2, 0.25) is 0 Å². The van der Waals surface area contributed by atoms with Gasteiger partial charge < -0.3 is 19.5 Å². The van der Waals surface area contributed by atoms with Crippen LogP contribution >= 0.6 is 23.7 Å². The number of methoxy groups -OCH3 is 1. The maximum atomic E-state index is 13.7. The van der Waals surface area contributed by atoms with Crippen LogP contribution in [0.15, 0.2) is 64.8 Å². The van der Waals surface area contributed by atoms with Crippen molar-refractivity contribution in [2.45, 2.75) is 39.0 Å². The topological polar surface area (TPSA) is 77.2 Å². The van der Waals surface area contributed by atoms with Gasteiger partial charge in [-0.25, -0.2) is 9.97 Å². The lowest BCUT2D eigenvalue weighted by Gasteiger charge is -2.20. The Kier molecular flexibility index (Phi) is 8.49. The SMILES string of the molecule is CN[C@H]1CN(c2ccc3c(=O)c(Cc4nccn4CC=C(C)C)cn(-c4nccs4)c3c2)C[C@@H]1OC.Cl. The summed E-state index contributed by atoms with van der Waals surface area (Å²) in [6.45, 7) is 6.53. The lowest BCUT2D eigenvalue weighted by atomic mass is 10.1. The Morgan fingerprint density at radius 3 is 2.76 bits per heavy atom. The summed E-state index contributed by atoms with van der Waals surface area (Å²) in [5.41, 5.74) is 3.90. The monoisotopic (exact) mass is 540 g/mol. The van der Waals surface area contributed by atoms with Gasteiger partial charge in [0.25, 0.3) is 0 Å². The number of ether oxygens (including phenoxy) is 1. The zero-order valence-corrected chi connectivity index (χ0v) is 23.2. The Morgan fingerprint density at radius 1 is 1.24 bits per heavy atom. The van der Waals surface area contributed by atoms with Gasteiger partial charge in [-0.15, -0.1) is 23.7 Å². The number of likely N-dealkylation sites (N-methyl/N-ethyl adjacent to an activating group) is 1. The molecule has 1 N–H and O–H groups in total. The number of rotatable bonds is 8. The lowest BCUT2D eigenvalue weighted by Crippen LogP contribution is -2.37. The van der Waals surface area contributed by atoms with E-state index in [0.717, 1.165) is 41.8 Å². The van der Waals surface area contributed by atoms with E-state index in [9.17, 15) is 4.79 Å². The van der Waals surface area contributed by atoms with Crippen LogP contribution in [0.5, 0.6) is 0 Å². The van der Waals surface area contributed by atoms with Crippen LogP contribution in [0.3, 0.4) is 0 Å². The third kappa shape index (κ3) is 5.50. The number of halogens is 1. The van der Waals surface area contributed by atoms with Crippen molar-refractivity contribution in [3.8, 4) is 5.13 Å².